The van der Waals surface area contributed by atoms with E-state index in [0.29, 0.717) is 21.3 Å². The Hall–Kier alpha value is -2.11. The summed E-state index contributed by atoms with van der Waals surface area (Å²) in [4.78, 5) is 23.8. The standard InChI is InChI=1S/C14H10Cl2N2O3/c1-17(12-2-4-13(5-3-12)18(20)21)14(19)9-6-10(15)8-11(16)7-9/h2-8H,1H3. The smallest absolute Gasteiger partial charge is 0.269 e. The molecule has 108 valence electrons. The number of carbonyl (C=O) groups is 1. The average Bonchev–Trinajstić information content (AvgIpc) is 2.44. The van der Waals surface area contributed by atoms with Crippen molar-refractivity contribution in [2.75, 3.05) is 11.9 Å². The number of non-ortho nitro benzene ring substituents is 1. The summed E-state index contributed by atoms with van der Waals surface area (Å²) in [5.41, 5.74) is 0.834. The van der Waals surface area contributed by atoms with Gasteiger partial charge in [0.05, 0.1) is 4.92 Å². The lowest BCUT2D eigenvalue weighted by atomic mass is 10.2. The van der Waals surface area contributed by atoms with E-state index in [1.54, 1.807) is 7.05 Å². The van der Waals surface area contributed by atoms with Gasteiger partial charge in [-0.05, 0) is 30.3 Å². The van der Waals surface area contributed by atoms with Crippen LogP contribution in [0.25, 0.3) is 0 Å². The largest absolute Gasteiger partial charge is 0.311 e. The zero-order chi connectivity index (χ0) is 15.6. The molecular formula is C14H10Cl2N2O3. The maximum Gasteiger partial charge on any atom is 0.269 e. The zero-order valence-corrected chi connectivity index (χ0v) is 12.4. The number of nitro groups is 1. The summed E-state index contributed by atoms with van der Waals surface area (Å²) in [5.74, 6) is -0.312. The second-order valence-corrected chi connectivity index (χ2v) is 5.17. The minimum Gasteiger partial charge on any atom is -0.311 e. The molecule has 0 saturated heterocycles. The van der Waals surface area contributed by atoms with Gasteiger partial charge in [0.2, 0.25) is 0 Å². The number of carbonyl (C=O) groups excluding carboxylic acids is 1. The second kappa shape index (κ2) is 6.11. The Bertz CT molecular complexity index is 682. The molecule has 0 aromatic heterocycles. The van der Waals surface area contributed by atoms with Gasteiger partial charge >= 0.3 is 0 Å². The van der Waals surface area contributed by atoms with Gasteiger partial charge in [-0.1, -0.05) is 23.2 Å². The molecule has 0 spiro atoms. The first-order valence-electron chi connectivity index (χ1n) is 5.87. The molecule has 7 heteroatoms. The molecule has 5 nitrogen and oxygen atoms in total. The highest BCUT2D eigenvalue weighted by Crippen LogP contribution is 2.23. The molecule has 0 unspecified atom stereocenters. The van der Waals surface area contributed by atoms with E-state index in [2.05, 4.69) is 0 Å². The Morgan fingerprint density at radius 2 is 1.62 bits per heavy atom. The minimum absolute atomic E-state index is 0.0367. The van der Waals surface area contributed by atoms with Crippen molar-refractivity contribution < 1.29 is 9.72 Å². The van der Waals surface area contributed by atoms with Gasteiger partial charge in [0, 0.05) is 40.5 Å². The molecule has 1 amide bonds. The lowest BCUT2D eigenvalue weighted by Crippen LogP contribution is -2.26. The maximum atomic E-state index is 12.3. The predicted octanol–water partition coefficient (Wildman–Crippen LogP) is 4.18. The van der Waals surface area contributed by atoms with Gasteiger partial charge in [-0.2, -0.15) is 0 Å². The molecule has 2 rings (SSSR count). The Balaban J connectivity index is 2.28. The van der Waals surface area contributed by atoms with Crippen LogP contribution in [-0.4, -0.2) is 17.9 Å². The van der Waals surface area contributed by atoms with Gasteiger partial charge in [-0.25, -0.2) is 0 Å². The second-order valence-electron chi connectivity index (χ2n) is 4.30. The summed E-state index contributed by atoms with van der Waals surface area (Å²) >= 11 is 11.7. The third kappa shape index (κ3) is 3.51. The monoisotopic (exact) mass is 324 g/mol. The van der Waals surface area contributed by atoms with Crippen molar-refractivity contribution in [2.24, 2.45) is 0 Å². The molecule has 2 aromatic carbocycles. The summed E-state index contributed by atoms with van der Waals surface area (Å²) < 4.78 is 0. The van der Waals surface area contributed by atoms with Crippen molar-refractivity contribution in [1.82, 2.24) is 0 Å². The Kier molecular flexibility index (Phi) is 4.45. The Labute approximate surface area is 130 Å². The maximum absolute atomic E-state index is 12.3. The average molecular weight is 325 g/mol. The Morgan fingerprint density at radius 3 is 2.10 bits per heavy atom. The van der Waals surface area contributed by atoms with Crippen molar-refractivity contribution >= 4 is 40.5 Å². The number of amides is 1. The van der Waals surface area contributed by atoms with E-state index in [1.807, 2.05) is 0 Å². The topological polar surface area (TPSA) is 63.5 Å². The molecule has 0 aliphatic rings. The number of anilines is 1. The van der Waals surface area contributed by atoms with E-state index in [9.17, 15) is 14.9 Å². The van der Waals surface area contributed by atoms with Gasteiger partial charge < -0.3 is 4.90 Å². The quantitative estimate of drug-likeness (QED) is 0.628. The lowest BCUT2D eigenvalue weighted by molar-refractivity contribution is -0.384. The third-order valence-electron chi connectivity index (χ3n) is 2.86. The number of nitro benzene ring substituents is 1. The molecule has 0 N–H and O–H groups in total. The molecule has 0 saturated carbocycles. The van der Waals surface area contributed by atoms with Gasteiger partial charge in [0.25, 0.3) is 11.6 Å². The van der Waals surface area contributed by atoms with Crippen LogP contribution in [-0.2, 0) is 0 Å². The number of hydrogen-bond donors (Lipinski definition) is 0. The van der Waals surface area contributed by atoms with Crippen LogP contribution in [0, 0.1) is 10.1 Å². The van der Waals surface area contributed by atoms with Crippen LogP contribution < -0.4 is 4.90 Å². The molecule has 21 heavy (non-hydrogen) atoms. The van der Waals surface area contributed by atoms with Crippen LogP contribution >= 0.6 is 23.2 Å². The number of halogens is 2. The molecule has 0 atom stereocenters. The van der Waals surface area contributed by atoms with Crippen LogP contribution in [0.2, 0.25) is 10.0 Å². The summed E-state index contributed by atoms with van der Waals surface area (Å²) in [6, 6.07) is 10.2. The summed E-state index contributed by atoms with van der Waals surface area (Å²) in [5, 5.41) is 11.3. The van der Waals surface area contributed by atoms with E-state index in [0.717, 1.165) is 0 Å². The first-order valence-corrected chi connectivity index (χ1v) is 6.62. The van der Waals surface area contributed by atoms with Crippen molar-refractivity contribution in [3.8, 4) is 0 Å². The highest BCUT2D eigenvalue weighted by Gasteiger charge is 2.15. The first-order chi connectivity index (χ1) is 9.88. The molecule has 0 bridgehead atoms. The fraction of sp³-hybridized carbons (Fsp3) is 0.0714. The van der Waals surface area contributed by atoms with E-state index in [4.69, 9.17) is 23.2 Å². The van der Waals surface area contributed by atoms with E-state index in [-0.39, 0.29) is 11.6 Å². The van der Waals surface area contributed by atoms with Crippen LogP contribution in [0.4, 0.5) is 11.4 Å². The minimum atomic E-state index is -0.498. The highest BCUT2D eigenvalue weighted by atomic mass is 35.5. The van der Waals surface area contributed by atoms with Crippen molar-refractivity contribution in [1.29, 1.82) is 0 Å². The molecule has 2 aromatic rings. The van der Waals surface area contributed by atoms with Gasteiger partial charge in [0.1, 0.15) is 0 Å². The molecule has 0 heterocycles. The summed E-state index contributed by atoms with van der Waals surface area (Å²) in [6.07, 6.45) is 0. The summed E-state index contributed by atoms with van der Waals surface area (Å²) in [7, 11) is 1.57. The van der Waals surface area contributed by atoms with Crippen LogP contribution in [0.3, 0.4) is 0 Å². The SMILES string of the molecule is CN(C(=O)c1cc(Cl)cc(Cl)c1)c1ccc([N+](=O)[O-])cc1. The molecule has 0 radical (unpaired) electrons. The van der Waals surface area contributed by atoms with Crippen LogP contribution in [0.5, 0.6) is 0 Å². The third-order valence-corrected chi connectivity index (χ3v) is 3.30. The molecule has 0 aliphatic heterocycles. The van der Waals surface area contributed by atoms with Crippen LogP contribution in [0.1, 0.15) is 10.4 Å². The number of hydrogen-bond acceptors (Lipinski definition) is 3. The van der Waals surface area contributed by atoms with Gasteiger partial charge in [-0.3, -0.25) is 14.9 Å². The fourth-order valence-corrected chi connectivity index (χ4v) is 2.31. The number of benzene rings is 2. The zero-order valence-electron chi connectivity index (χ0n) is 10.9. The van der Waals surface area contributed by atoms with Gasteiger partial charge in [0.15, 0.2) is 0 Å². The van der Waals surface area contributed by atoms with Crippen molar-refractivity contribution in [2.45, 2.75) is 0 Å². The van der Waals surface area contributed by atoms with Gasteiger partial charge in [-0.15, -0.1) is 0 Å². The number of rotatable bonds is 3. The Morgan fingerprint density at radius 1 is 1.10 bits per heavy atom. The van der Waals surface area contributed by atoms with E-state index >= 15 is 0 Å². The fourth-order valence-electron chi connectivity index (χ4n) is 1.79. The molecule has 0 aliphatic carbocycles. The van der Waals surface area contributed by atoms with Crippen LogP contribution in [0.15, 0.2) is 42.5 Å². The number of nitrogens with zero attached hydrogens (tertiary/aromatic N) is 2. The normalized spacial score (nSPS) is 10.2. The first kappa shape index (κ1) is 15.3. The van der Waals surface area contributed by atoms with E-state index < -0.39 is 4.92 Å². The molecular weight excluding hydrogens is 315 g/mol. The van der Waals surface area contributed by atoms with Crippen molar-refractivity contribution in [3.05, 3.63) is 68.2 Å². The summed E-state index contributed by atoms with van der Waals surface area (Å²) in [6.45, 7) is 0. The highest BCUT2D eigenvalue weighted by molar-refractivity contribution is 6.35. The molecule has 0 fully saturated rings. The lowest BCUT2D eigenvalue weighted by Gasteiger charge is -2.17. The van der Waals surface area contributed by atoms with E-state index in [1.165, 1.54) is 47.4 Å². The predicted molar refractivity (Wildman–Crippen MR) is 82.3 cm³/mol. The van der Waals surface area contributed by atoms with Crippen molar-refractivity contribution in [3.63, 3.8) is 0 Å².